The second kappa shape index (κ2) is 6.67. The lowest BCUT2D eigenvalue weighted by molar-refractivity contribution is -0.141. The number of carbonyl (C=O) groups is 1. The maximum atomic E-state index is 13.1. The molecule has 0 saturated carbocycles. The summed E-state index contributed by atoms with van der Waals surface area (Å²) in [7, 11) is 1.28. The number of aryl methyl sites for hydroxylation is 1. The minimum atomic E-state index is -4.60. The summed E-state index contributed by atoms with van der Waals surface area (Å²) < 4.78 is 44.3. The van der Waals surface area contributed by atoms with E-state index in [0.717, 1.165) is 6.07 Å². The lowest BCUT2D eigenvalue weighted by Gasteiger charge is -2.16. The lowest BCUT2D eigenvalue weighted by Crippen LogP contribution is -2.14. The Kier molecular flexibility index (Phi) is 4.54. The summed E-state index contributed by atoms with van der Waals surface area (Å²) in [6, 6.07) is 12.4. The fourth-order valence-electron chi connectivity index (χ4n) is 2.64. The first-order chi connectivity index (χ1) is 12.3. The van der Waals surface area contributed by atoms with E-state index in [0.29, 0.717) is 22.2 Å². The Hall–Kier alpha value is -3.09. The highest BCUT2D eigenvalue weighted by Crippen LogP contribution is 2.38. The molecule has 1 amide bonds. The van der Waals surface area contributed by atoms with Crippen LogP contribution >= 0.6 is 0 Å². The lowest BCUT2D eigenvalue weighted by atomic mass is 10.1. The van der Waals surface area contributed by atoms with Gasteiger partial charge in [-0.05, 0) is 30.7 Å². The number of nitrogens with one attached hydrogen (secondary N) is 1. The Labute approximate surface area is 147 Å². The molecule has 7 heteroatoms. The fraction of sp³-hybridized carbons (Fsp3) is 0.158. The molecule has 134 valence electrons. The van der Waals surface area contributed by atoms with E-state index in [1.54, 1.807) is 43.3 Å². The molecule has 0 atom stereocenters. The van der Waals surface area contributed by atoms with Crippen LogP contribution in [0.2, 0.25) is 0 Å². The minimum Gasteiger partial charge on any atom is -0.496 e. The molecule has 0 aliphatic carbocycles. The quantitative estimate of drug-likeness (QED) is 0.728. The van der Waals surface area contributed by atoms with Gasteiger partial charge in [0.25, 0.3) is 5.91 Å². The van der Waals surface area contributed by atoms with Gasteiger partial charge in [0.1, 0.15) is 11.4 Å². The number of methoxy groups -OCH3 is 1. The topological polar surface area (TPSA) is 51.2 Å². The number of ether oxygens (including phenoxy) is 1. The molecule has 0 fully saturated rings. The van der Waals surface area contributed by atoms with Crippen LogP contribution in [-0.4, -0.2) is 18.0 Å². The number of aromatic nitrogens is 1. The number of anilines is 1. The predicted molar refractivity (Wildman–Crippen MR) is 92.4 cm³/mol. The molecule has 0 saturated heterocycles. The second-order valence-electron chi connectivity index (χ2n) is 5.68. The molecule has 2 aromatic carbocycles. The number of alkyl halides is 3. The van der Waals surface area contributed by atoms with Crippen molar-refractivity contribution in [3.05, 3.63) is 65.4 Å². The maximum Gasteiger partial charge on any atom is 0.433 e. The van der Waals surface area contributed by atoms with Crippen molar-refractivity contribution in [2.24, 2.45) is 0 Å². The zero-order valence-electron chi connectivity index (χ0n) is 14.0. The van der Waals surface area contributed by atoms with Gasteiger partial charge in [0, 0.05) is 11.6 Å². The highest BCUT2D eigenvalue weighted by molar-refractivity contribution is 6.10. The molecule has 1 aromatic heterocycles. The van der Waals surface area contributed by atoms with E-state index in [2.05, 4.69) is 10.3 Å². The number of fused-ring (bicyclic) bond motifs is 1. The third kappa shape index (κ3) is 3.33. The summed E-state index contributed by atoms with van der Waals surface area (Å²) >= 11 is 0. The number of nitrogens with zero attached hydrogens (tertiary/aromatic N) is 1. The van der Waals surface area contributed by atoms with Crippen molar-refractivity contribution in [3.8, 4) is 5.75 Å². The third-order valence-corrected chi connectivity index (χ3v) is 3.93. The number of carbonyl (C=O) groups excluding carboxylic acids is 1. The van der Waals surface area contributed by atoms with Crippen molar-refractivity contribution in [3.63, 3.8) is 0 Å². The Morgan fingerprint density at radius 3 is 2.42 bits per heavy atom. The second-order valence-corrected chi connectivity index (χ2v) is 5.68. The molecule has 1 heterocycles. The average Bonchev–Trinajstić information content (AvgIpc) is 2.62. The van der Waals surface area contributed by atoms with Crippen LogP contribution in [-0.2, 0) is 6.18 Å². The minimum absolute atomic E-state index is 0.00520. The summed E-state index contributed by atoms with van der Waals surface area (Å²) in [5, 5.41) is 3.09. The van der Waals surface area contributed by atoms with E-state index in [-0.39, 0.29) is 17.2 Å². The van der Waals surface area contributed by atoms with E-state index in [9.17, 15) is 18.0 Å². The molecule has 0 aliphatic rings. The number of benzene rings is 2. The largest absolute Gasteiger partial charge is 0.496 e. The molecular formula is C19H15F3N2O2. The molecule has 4 nitrogen and oxygen atoms in total. The van der Waals surface area contributed by atoms with Gasteiger partial charge in [0.15, 0.2) is 0 Å². The highest BCUT2D eigenvalue weighted by Gasteiger charge is 2.34. The van der Waals surface area contributed by atoms with Crippen LogP contribution in [0.5, 0.6) is 5.75 Å². The summed E-state index contributed by atoms with van der Waals surface area (Å²) in [6.07, 6.45) is -4.60. The smallest absolute Gasteiger partial charge is 0.433 e. The number of rotatable bonds is 3. The zero-order valence-corrected chi connectivity index (χ0v) is 14.0. The molecule has 26 heavy (non-hydrogen) atoms. The SMILES string of the molecule is COc1cc(C(F)(F)F)nc2ccc(C)c(NC(=O)c3ccccc3)c12. The van der Waals surface area contributed by atoms with Gasteiger partial charge in [-0.3, -0.25) is 4.79 Å². The predicted octanol–water partition coefficient (Wildman–Crippen LogP) is 4.82. The van der Waals surface area contributed by atoms with Crippen LogP contribution in [0.25, 0.3) is 10.9 Å². The Bertz CT molecular complexity index is 970. The van der Waals surface area contributed by atoms with Crippen molar-refractivity contribution in [2.75, 3.05) is 12.4 Å². The van der Waals surface area contributed by atoms with Crippen molar-refractivity contribution in [1.29, 1.82) is 0 Å². The molecule has 3 rings (SSSR count). The molecule has 0 bridgehead atoms. The Balaban J connectivity index is 2.16. The fourth-order valence-corrected chi connectivity index (χ4v) is 2.64. The van der Waals surface area contributed by atoms with Crippen LogP contribution in [0, 0.1) is 6.92 Å². The van der Waals surface area contributed by atoms with E-state index >= 15 is 0 Å². The first kappa shape index (κ1) is 17.7. The third-order valence-electron chi connectivity index (χ3n) is 3.93. The van der Waals surface area contributed by atoms with E-state index in [4.69, 9.17) is 4.74 Å². The molecule has 0 aliphatic heterocycles. The van der Waals surface area contributed by atoms with Crippen LogP contribution in [0.3, 0.4) is 0 Å². The Morgan fingerprint density at radius 1 is 1.12 bits per heavy atom. The van der Waals surface area contributed by atoms with Gasteiger partial charge < -0.3 is 10.1 Å². The number of amides is 1. The monoisotopic (exact) mass is 360 g/mol. The van der Waals surface area contributed by atoms with Gasteiger partial charge in [-0.2, -0.15) is 13.2 Å². The van der Waals surface area contributed by atoms with Gasteiger partial charge in [0.2, 0.25) is 0 Å². The van der Waals surface area contributed by atoms with E-state index in [1.165, 1.54) is 13.2 Å². The molecule has 3 aromatic rings. The molecule has 0 unspecified atom stereocenters. The summed E-state index contributed by atoms with van der Waals surface area (Å²) in [5.74, 6) is -0.377. The number of pyridine rings is 1. The van der Waals surface area contributed by atoms with E-state index in [1.807, 2.05) is 0 Å². The molecule has 0 radical (unpaired) electrons. The van der Waals surface area contributed by atoms with E-state index < -0.39 is 11.9 Å². The van der Waals surface area contributed by atoms with Gasteiger partial charge in [-0.15, -0.1) is 0 Å². The first-order valence-corrected chi connectivity index (χ1v) is 7.73. The number of hydrogen-bond acceptors (Lipinski definition) is 3. The number of hydrogen-bond donors (Lipinski definition) is 1. The van der Waals surface area contributed by atoms with Gasteiger partial charge >= 0.3 is 6.18 Å². The van der Waals surface area contributed by atoms with Gasteiger partial charge in [-0.25, -0.2) is 4.98 Å². The summed E-state index contributed by atoms with van der Waals surface area (Å²) in [6.45, 7) is 1.75. The summed E-state index contributed by atoms with van der Waals surface area (Å²) in [4.78, 5) is 16.2. The maximum absolute atomic E-state index is 13.1. The van der Waals surface area contributed by atoms with Crippen LogP contribution in [0.4, 0.5) is 18.9 Å². The normalized spacial score (nSPS) is 11.4. The Morgan fingerprint density at radius 2 is 1.81 bits per heavy atom. The van der Waals surface area contributed by atoms with Gasteiger partial charge in [0.05, 0.1) is 23.7 Å². The zero-order chi connectivity index (χ0) is 18.9. The average molecular weight is 360 g/mol. The molecular weight excluding hydrogens is 345 g/mol. The van der Waals surface area contributed by atoms with Crippen molar-refractivity contribution >= 4 is 22.5 Å². The van der Waals surface area contributed by atoms with Gasteiger partial charge in [-0.1, -0.05) is 24.3 Å². The standard InChI is InChI=1S/C19H15F3N2O2/c1-11-8-9-13-16(14(26-2)10-15(23-13)19(20,21)22)17(11)24-18(25)12-6-4-3-5-7-12/h3-10H,1-2H3,(H,24,25). The molecule has 0 spiro atoms. The van der Waals surface area contributed by atoms with Crippen molar-refractivity contribution in [2.45, 2.75) is 13.1 Å². The van der Waals surface area contributed by atoms with Crippen molar-refractivity contribution in [1.82, 2.24) is 4.98 Å². The number of halogens is 3. The van der Waals surface area contributed by atoms with Crippen LogP contribution in [0.15, 0.2) is 48.5 Å². The van der Waals surface area contributed by atoms with Crippen molar-refractivity contribution < 1.29 is 22.7 Å². The highest BCUT2D eigenvalue weighted by atomic mass is 19.4. The summed E-state index contributed by atoms with van der Waals surface area (Å²) in [5.41, 5.74) is 0.524. The first-order valence-electron chi connectivity index (χ1n) is 7.73. The van der Waals surface area contributed by atoms with Crippen LogP contribution < -0.4 is 10.1 Å². The molecule has 1 N–H and O–H groups in total. The van der Waals surface area contributed by atoms with Crippen LogP contribution in [0.1, 0.15) is 21.6 Å².